The van der Waals surface area contributed by atoms with E-state index in [9.17, 15) is 0 Å². The molecule has 0 bridgehead atoms. The molecule has 0 aliphatic carbocycles. The third-order valence-electron chi connectivity index (χ3n) is 3.61. The Bertz CT molecular complexity index is 578. The molecule has 0 aromatic heterocycles. The number of hydrogen-bond donors (Lipinski definition) is 0. The lowest BCUT2D eigenvalue weighted by Gasteiger charge is -2.13. The maximum atomic E-state index is 5.35. The Morgan fingerprint density at radius 3 is 2.10 bits per heavy atom. The molecule has 2 nitrogen and oxygen atoms in total. The first-order valence-corrected chi connectivity index (χ1v) is 8.03. The molecule has 112 valence electrons. The zero-order valence-electron chi connectivity index (χ0n) is 12.7. The second-order valence-electron chi connectivity index (χ2n) is 4.96. The topological polar surface area (TPSA) is 18.5 Å². The highest BCUT2D eigenvalue weighted by Crippen LogP contribution is 2.32. The molecule has 0 heterocycles. The molecule has 21 heavy (non-hydrogen) atoms. The van der Waals surface area contributed by atoms with Gasteiger partial charge in [-0.2, -0.15) is 0 Å². The minimum Gasteiger partial charge on any atom is -0.493 e. The van der Waals surface area contributed by atoms with Gasteiger partial charge in [0.1, 0.15) is 0 Å². The van der Waals surface area contributed by atoms with Gasteiger partial charge in [-0.05, 0) is 41.7 Å². The van der Waals surface area contributed by atoms with Crippen LogP contribution in [0.2, 0.25) is 0 Å². The zero-order chi connectivity index (χ0) is 15.2. The maximum Gasteiger partial charge on any atom is 0.160 e. The number of alkyl halides is 1. The van der Waals surface area contributed by atoms with E-state index >= 15 is 0 Å². The van der Waals surface area contributed by atoms with Gasteiger partial charge in [-0.25, -0.2) is 0 Å². The first kappa shape index (κ1) is 15.9. The normalized spacial score (nSPS) is 12.0. The minimum atomic E-state index is 0.293. The zero-order valence-corrected chi connectivity index (χ0v) is 14.3. The molecule has 0 aliphatic rings. The van der Waals surface area contributed by atoms with E-state index in [1.807, 2.05) is 12.1 Å². The summed E-state index contributed by atoms with van der Waals surface area (Å²) in [4.78, 5) is 0.293. The average molecular weight is 349 g/mol. The summed E-state index contributed by atoms with van der Waals surface area (Å²) in [6.07, 6.45) is 1.98. The average Bonchev–Trinajstić information content (AvgIpc) is 2.54. The van der Waals surface area contributed by atoms with E-state index in [2.05, 4.69) is 53.2 Å². The maximum absolute atomic E-state index is 5.35. The van der Waals surface area contributed by atoms with Crippen molar-refractivity contribution in [3.63, 3.8) is 0 Å². The molecular formula is C18H21BrO2. The van der Waals surface area contributed by atoms with E-state index in [0.29, 0.717) is 4.83 Å². The minimum absolute atomic E-state index is 0.293. The van der Waals surface area contributed by atoms with Crippen LogP contribution in [0.15, 0.2) is 42.5 Å². The smallest absolute Gasteiger partial charge is 0.160 e. The van der Waals surface area contributed by atoms with Crippen LogP contribution >= 0.6 is 15.9 Å². The number of halogens is 1. The van der Waals surface area contributed by atoms with Crippen molar-refractivity contribution >= 4 is 15.9 Å². The monoisotopic (exact) mass is 348 g/mol. The molecule has 0 saturated carbocycles. The van der Waals surface area contributed by atoms with Crippen LogP contribution in [0.4, 0.5) is 0 Å². The van der Waals surface area contributed by atoms with Crippen LogP contribution in [-0.2, 0) is 12.8 Å². The summed E-state index contributed by atoms with van der Waals surface area (Å²) in [6.45, 7) is 2.17. The lowest BCUT2D eigenvalue weighted by Crippen LogP contribution is -1.98. The number of hydrogen-bond acceptors (Lipinski definition) is 2. The van der Waals surface area contributed by atoms with Crippen molar-refractivity contribution in [1.29, 1.82) is 0 Å². The number of methoxy groups -OCH3 is 2. The molecule has 1 atom stereocenters. The molecule has 3 heteroatoms. The lowest BCUT2D eigenvalue weighted by atomic mass is 10.0. The highest BCUT2D eigenvalue weighted by Gasteiger charge is 2.11. The molecule has 0 fully saturated rings. The van der Waals surface area contributed by atoms with E-state index in [-0.39, 0.29) is 0 Å². The Hall–Kier alpha value is -1.48. The van der Waals surface area contributed by atoms with Gasteiger partial charge in [0.2, 0.25) is 0 Å². The molecule has 0 radical (unpaired) electrons. The van der Waals surface area contributed by atoms with Gasteiger partial charge in [-0.15, -0.1) is 0 Å². The molecule has 2 aromatic carbocycles. The van der Waals surface area contributed by atoms with Gasteiger partial charge >= 0.3 is 0 Å². The van der Waals surface area contributed by atoms with E-state index in [0.717, 1.165) is 24.3 Å². The van der Waals surface area contributed by atoms with Crippen LogP contribution in [0.1, 0.15) is 28.4 Å². The molecule has 2 rings (SSSR count). The Balaban J connectivity index is 2.12. The fraction of sp³-hybridized carbons (Fsp3) is 0.333. The Labute approximate surface area is 135 Å². The predicted octanol–water partition coefficient (Wildman–Crippen LogP) is 4.94. The molecule has 0 spiro atoms. The number of ether oxygens (including phenoxy) is 2. The Kier molecular flexibility index (Phi) is 5.68. The summed E-state index contributed by atoms with van der Waals surface area (Å²) in [5.74, 6) is 1.54. The summed E-state index contributed by atoms with van der Waals surface area (Å²) < 4.78 is 10.6. The first-order valence-electron chi connectivity index (χ1n) is 7.11. The Morgan fingerprint density at radius 1 is 0.905 bits per heavy atom. The molecule has 0 amide bonds. The van der Waals surface area contributed by atoms with Crippen LogP contribution in [0.5, 0.6) is 11.5 Å². The largest absolute Gasteiger partial charge is 0.493 e. The Morgan fingerprint density at radius 2 is 1.52 bits per heavy atom. The van der Waals surface area contributed by atoms with Gasteiger partial charge < -0.3 is 9.47 Å². The van der Waals surface area contributed by atoms with Crippen molar-refractivity contribution in [2.45, 2.75) is 24.6 Å². The molecular weight excluding hydrogens is 328 g/mol. The van der Waals surface area contributed by atoms with Gasteiger partial charge in [0.05, 0.1) is 14.2 Å². The summed E-state index contributed by atoms with van der Waals surface area (Å²) >= 11 is 3.78. The number of rotatable bonds is 6. The summed E-state index contributed by atoms with van der Waals surface area (Å²) in [5.41, 5.74) is 3.88. The SMILES string of the molecule is CCc1ccc(C(Br)Cc2ccc(OC)c(OC)c2)cc1. The molecule has 0 saturated heterocycles. The lowest BCUT2D eigenvalue weighted by molar-refractivity contribution is 0.354. The van der Waals surface area contributed by atoms with Crippen LogP contribution < -0.4 is 9.47 Å². The fourth-order valence-corrected chi connectivity index (χ4v) is 2.97. The number of aryl methyl sites for hydroxylation is 1. The van der Waals surface area contributed by atoms with Gasteiger partial charge in [-0.3, -0.25) is 0 Å². The van der Waals surface area contributed by atoms with Crippen LogP contribution in [0.3, 0.4) is 0 Å². The van der Waals surface area contributed by atoms with Crippen molar-refractivity contribution in [3.8, 4) is 11.5 Å². The second-order valence-corrected chi connectivity index (χ2v) is 6.06. The van der Waals surface area contributed by atoms with Crippen molar-refractivity contribution < 1.29 is 9.47 Å². The summed E-state index contributed by atoms with van der Waals surface area (Å²) in [6, 6.07) is 14.8. The van der Waals surface area contributed by atoms with Crippen LogP contribution in [0.25, 0.3) is 0 Å². The van der Waals surface area contributed by atoms with Gasteiger partial charge in [0.25, 0.3) is 0 Å². The van der Waals surface area contributed by atoms with Crippen molar-refractivity contribution in [1.82, 2.24) is 0 Å². The summed E-state index contributed by atoms with van der Waals surface area (Å²) in [7, 11) is 3.32. The van der Waals surface area contributed by atoms with E-state index in [1.54, 1.807) is 14.2 Å². The second kappa shape index (κ2) is 7.51. The van der Waals surface area contributed by atoms with E-state index in [4.69, 9.17) is 9.47 Å². The van der Waals surface area contributed by atoms with Gasteiger partial charge in [0.15, 0.2) is 11.5 Å². The van der Waals surface area contributed by atoms with Crippen LogP contribution in [-0.4, -0.2) is 14.2 Å². The highest BCUT2D eigenvalue weighted by atomic mass is 79.9. The van der Waals surface area contributed by atoms with E-state index in [1.165, 1.54) is 16.7 Å². The third-order valence-corrected chi connectivity index (χ3v) is 4.46. The number of benzene rings is 2. The molecule has 2 aromatic rings. The van der Waals surface area contributed by atoms with Crippen molar-refractivity contribution in [2.75, 3.05) is 14.2 Å². The van der Waals surface area contributed by atoms with Crippen molar-refractivity contribution in [3.05, 3.63) is 59.2 Å². The quantitative estimate of drug-likeness (QED) is 0.688. The third kappa shape index (κ3) is 4.01. The van der Waals surface area contributed by atoms with Crippen molar-refractivity contribution in [2.24, 2.45) is 0 Å². The van der Waals surface area contributed by atoms with Crippen LogP contribution in [0, 0.1) is 0 Å². The first-order chi connectivity index (χ1) is 10.2. The predicted molar refractivity (Wildman–Crippen MR) is 90.7 cm³/mol. The van der Waals surface area contributed by atoms with Gasteiger partial charge in [-0.1, -0.05) is 53.2 Å². The molecule has 0 aliphatic heterocycles. The highest BCUT2D eigenvalue weighted by molar-refractivity contribution is 9.09. The molecule has 1 unspecified atom stereocenters. The standard InChI is InChI=1S/C18H21BrO2/c1-4-13-5-8-15(9-6-13)16(19)11-14-7-10-17(20-2)18(12-14)21-3/h5-10,12,16H,4,11H2,1-3H3. The fourth-order valence-electron chi connectivity index (χ4n) is 2.29. The van der Waals surface area contributed by atoms with Gasteiger partial charge in [0, 0.05) is 4.83 Å². The van der Waals surface area contributed by atoms with E-state index < -0.39 is 0 Å². The molecule has 0 N–H and O–H groups in total. The summed E-state index contributed by atoms with van der Waals surface area (Å²) in [5, 5.41) is 0.